The summed E-state index contributed by atoms with van der Waals surface area (Å²) in [7, 11) is 0. The van der Waals surface area contributed by atoms with Gasteiger partial charge in [-0.15, -0.1) is 0 Å². The molecule has 3 rings (SSSR count). The maximum atomic E-state index is 12.4. The first-order chi connectivity index (χ1) is 9.65. The van der Waals surface area contributed by atoms with Crippen molar-refractivity contribution < 1.29 is 0 Å². The predicted molar refractivity (Wildman–Crippen MR) is 80.7 cm³/mol. The van der Waals surface area contributed by atoms with E-state index in [1.807, 2.05) is 29.8 Å². The first-order valence-corrected chi connectivity index (χ1v) is 7.07. The van der Waals surface area contributed by atoms with Gasteiger partial charge in [0.2, 0.25) is 0 Å². The van der Waals surface area contributed by atoms with Gasteiger partial charge in [-0.1, -0.05) is 15.9 Å². The van der Waals surface area contributed by atoms with Crippen molar-refractivity contribution >= 4 is 26.8 Å². The Morgan fingerprint density at radius 2 is 2.00 bits per heavy atom. The lowest BCUT2D eigenvalue weighted by atomic mass is 10.2. The summed E-state index contributed by atoms with van der Waals surface area (Å²) in [6.07, 6.45) is 5.27. The number of hydrogen-bond donors (Lipinski definition) is 0. The molecule has 3 aromatic rings. The number of aryl methyl sites for hydroxylation is 3. The van der Waals surface area contributed by atoms with Crippen LogP contribution >= 0.6 is 15.9 Å². The highest BCUT2D eigenvalue weighted by molar-refractivity contribution is 9.10. The molecule has 1 aromatic carbocycles. The van der Waals surface area contributed by atoms with Gasteiger partial charge < -0.3 is 4.57 Å². The van der Waals surface area contributed by atoms with Gasteiger partial charge in [0, 0.05) is 30.0 Å². The van der Waals surface area contributed by atoms with E-state index in [0.717, 1.165) is 10.3 Å². The zero-order valence-corrected chi connectivity index (χ0v) is 12.5. The lowest BCUT2D eigenvalue weighted by Gasteiger charge is -2.08. The summed E-state index contributed by atoms with van der Waals surface area (Å²) in [5, 5.41) is 0.637. The van der Waals surface area contributed by atoms with Crippen molar-refractivity contribution in [3.63, 3.8) is 0 Å². The molecule has 0 radical (unpaired) electrons. The average Bonchev–Trinajstić information content (AvgIpc) is 2.83. The van der Waals surface area contributed by atoms with Crippen molar-refractivity contribution in [2.45, 2.75) is 20.0 Å². The molecular weight excluding hydrogens is 320 g/mol. The molecule has 0 bridgehead atoms. The van der Waals surface area contributed by atoms with E-state index < -0.39 is 0 Å². The Labute approximate surface area is 124 Å². The van der Waals surface area contributed by atoms with Crippen LogP contribution in [0.5, 0.6) is 0 Å². The van der Waals surface area contributed by atoms with Crippen molar-refractivity contribution in [1.82, 2.24) is 19.1 Å². The van der Waals surface area contributed by atoms with Gasteiger partial charge in [0.15, 0.2) is 0 Å². The molecule has 0 saturated carbocycles. The number of imidazole rings is 1. The molecule has 2 heterocycles. The smallest absolute Gasteiger partial charge is 0.261 e. The van der Waals surface area contributed by atoms with Gasteiger partial charge >= 0.3 is 0 Å². The van der Waals surface area contributed by atoms with Crippen LogP contribution in [0.15, 0.2) is 46.2 Å². The summed E-state index contributed by atoms with van der Waals surface area (Å²) in [6, 6.07) is 5.50. The van der Waals surface area contributed by atoms with E-state index >= 15 is 0 Å². The van der Waals surface area contributed by atoms with E-state index in [1.165, 1.54) is 0 Å². The number of halogens is 1. The minimum atomic E-state index is -0.0136. The van der Waals surface area contributed by atoms with E-state index in [-0.39, 0.29) is 5.56 Å². The van der Waals surface area contributed by atoms with E-state index in [2.05, 4.69) is 25.9 Å². The van der Waals surface area contributed by atoms with Crippen molar-refractivity contribution in [2.75, 3.05) is 0 Å². The fourth-order valence-electron chi connectivity index (χ4n) is 2.15. The Bertz CT molecular complexity index is 821. The van der Waals surface area contributed by atoms with Crippen molar-refractivity contribution in [3.8, 4) is 0 Å². The van der Waals surface area contributed by atoms with Gasteiger partial charge in [0.25, 0.3) is 5.56 Å². The predicted octanol–water partition coefficient (Wildman–Crippen LogP) is 2.36. The van der Waals surface area contributed by atoms with Crippen LogP contribution in [0.1, 0.15) is 5.82 Å². The van der Waals surface area contributed by atoms with Crippen LogP contribution in [0, 0.1) is 6.92 Å². The maximum absolute atomic E-state index is 12.4. The molecule has 0 fully saturated rings. The quantitative estimate of drug-likeness (QED) is 0.739. The largest absolute Gasteiger partial charge is 0.333 e. The summed E-state index contributed by atoms with van der Waals surface area (Å²) in [4.78, 5) is 20.9. The Morgan fingerprint density at radius 1 is 1.20 bits per heavy atom. The second kappa shape index (κ2) is 5.20. The van der Waals surface area contributed by atoms with Crippen LogP contribution in [0.25, 0.3) is 10.9 Å². The minimum Gasteiger partial charge on any atom is -0.333 e. The second-order valence-corrected chi connectivity index (χ2v) is 5.49. The van der Waals surface area contributed by atoms with E-state index in [4.69, 9.17) is 0 Å². The molecule has 0 spiro atoms. The van der Waals surface area contributed by atoms with Gasteiger partial charge in [0.05, 0.1) is 17.2 Å². The van der Waals surface area contributed by atoms with Crippen LogP contribution in [0.3, 0.4) is 0 Å². The summed E-state index contributed by atoms with van der Waals surface area (Å²) in [5.74, 6) is 0.940. The van der Waals surface area contributed by atoms with Crippen molar-refractivity contribution in [2.24, 2.45) is 0 Å². The zero-order chi connectivity index (χ0) is 14.1. The zero-order valence-electron chi connectivity index (χ0n) is 11.0. The molecule has 20 heavy (non-hydrogen) atoms. The normalized spacial score (nSPS) is 11.1. The fourth-order valence-corrected chi connectivity index (χ4v) is 2.50. The number of nitrogens with zero attached hydrogens (tertiary/aromatic N) is 4. The highest BCUT2D eigenvalue weighted by atomic mass is 79.9. The number of fused-ring (bicyclic) bond motifs is 1. The summed E-state index contributed by atoms with van der Waals surface area (Å²) < 4.78 is 4.57. The Balaban J connectivity index is 1.93. The minimum absolute atomic E-state index is 0.0136. The van der Waals surface area contributed by atoms with Crippen LogP contribution < -0.4 is 5.56 Å². The van der Waals surface area contributed by atoms with Crippen LogP contribution in [0.4, 0.5) is 0 Å². The standard InChI is InChI=1S/C14H13BrN4O/c1-10-16-4-5-18(10)6-7-19-9-17-13-8-11(15)2-3-12(13)14(19)20/h2-5,8-9H,6-7H2,1H3. The SMILES string of the molecule is Cc1nccn1CCn1cnc2cc(Br)ccc2c1=O. The molecule has 102 valence electrons. The van der Waals surface area contributed by atoms with E-state index in [0.29, 0.717) is 24.0 Å². The van der Waals surface area contributed by atoms with Gasteiger partial charge in [-0.3, -0.25) is 9.36 Å². The first kappa shape index (κ1) is 13.1. The molecule has 0 N–H and O–H groups in total. The van der Waals surface area contributed by atoms with Gasteiger partial charge in [-0.2, -0.15) is 0 Å². The maximum Gasteiger partial charge on any atom is 0.261 e. The topological polar surface area (TPSA) is 52.7 Å². The van der Waals surface area contributed by atoms with E-state index in [9.17, 15) is 4.79 Å². The van der Waals surface area contributed by atoms with Gasteiger partial charge in [-0.05, 0) is 25.1 Å². The first-order valence-electron chi connectivity index (χ1n) is 6.27. The lowest BCUT2D eigenvalue weighted by molar-refractivity contribution is 0.552. The molecule has 0 unspecified atom stereocenters. The number of benzene rings is 1. The highest BCUT2D eigenvalue weighted by Gasteiger charge is 2.05. The monoisotopic (exact) mass is 332 g/mol. The number of rotatable bonds is 3. The van der Waals surface area contributed by atoms with Crippen LogP contribution in [-0.4, -0.2) is 19.1 Å². The average molecular weight is 333 g/mol. The molecule has 5 nitrogen and oxygen atoms in total. The molecule has 0 aliphatic heterocycles. The third kappa shape index (κ3) is 2.38. The van der Waals surface area contributed by atoms with E-state index in [1.54, 1.807) is 23.2 Å². The fraction of sp³-hybridized carbons (Fsp3) is 0.214. The molecule has 0 aliphatic carbocycles. The van der Waals surface area contributed by atoms with Gasteiger partial charge in [-0.25, -0.2) is 9.97 Å². The Morgan fingerprint density at radius 3 is 2.75 bits per heavy atom. The lowest BCUT2D eigenvalue weighted by Crippen LogP contribution is -2.23. The van der Waals surface area contributed by atoms with Crippen molar-refractivity contribution in [1.29, 1.82) is 0 Å². The third-order valence-corrected chi connectivity index (χ3v) is 3.79. The Kier molecular flexibility index (Phi) is 3.40. The molecular formula is C14H13BrN4O. The molecule has 2 aromatic heterocycles. The van der Waals surface area contributed by atoms with Gasteiger partial charge in [0.1, 0.15) is 5.82 Å². The Hall–Kier alpha value is -1.95. The highest BCUT2D eigenvalue weighted by Crippen LogP contribution is 2.14. The molecule has 0 aliphatic rings. The third-order valence-electron chi connectivity index (χ3n) is 3.29. The second-order valence-electron chi connectivity index (χ2n) is 4.57. The molecule has 0 saturated heterocycles. The summed E-state index contributed by atoms with van der Waals surface area (Å²) in [6.45, 7) is 3.23. The summed E-state index contributed by atoms with van der Waals surface area (Å²) >= 11 is 3.38. The van der Waals surface area contributed by atoms with Crippen LogP contribution in [-0.2, 0) is 13.1 Å². The summed E-state index contributed by atoms with van der Waals surface area (Å²) in [5.41, 5.74) is 0.694. The van der Waals surface area contributed by atoms with Crippen LogP contribution in [0.2, 0.25) is 0 Å². The number of aromatic nitrogens is 4. The molecule has 0 amide bonds. The molecule has 0 atom stereocenters. The number of hydrogen-bond acceptors (Lipinski definition) is 3. The molecule has 6 heteroatoms. The van der Waals surface area contributed by atoms with Crippen molar-refractivity contribution in [3.05, 3.63) is 57.6 Å².